The summed E-state index contributed by atoms with van der Waals surface area (Å²) in [5.41, 5.74) is 1.63. The Labute approximate surface area is 143 Å². The molecule has 130 valence electrons. The van der Waals surface area contributed by atoms with Gasteiger partial charge in [-0.15, -0.1) is 0 Å². The van der Waals surface area contributed by atoms with Crippen molar-refractivity contribution in [2.45, 2.75) is 51.8 Å². The number of carbonyl (C=O) groups excluding carboxylic acids is 1. The molecule has 0 unspecified atom stereocenters. The van der Waals surface area contributed by atoms with Crippen molar-refractivity contribution < 1.29 is 9.53 Å². The number of benzene rings is 1. The summed E-state index contributed by atoms with van der Waals surface area (Å²) in [6.07, 6.45) is 3.80. The molecular formula is C19H27N3O2. The molecule has 1 saturated heterocycles. The van der Waals surface area contributed by atoms with Gasteiger partial charge < -0.3 is 15.4 Å². The highest BCUT2D eigenvalue weighted by Crippen LogP contribution is 2.20. The van der Waals surface area contributed by atoms with Gasteiger partial charge in [0.05, 0.1) is 5.52 Å². The summed E-state index contributed by atoms with van der Waals surface area (Å²) in [6.45, 7) is 8.67. The number of aromatic nitrogens is 1. The lowest BCUT2D eigenvalue weighted by Crippen LogP contribution is -2.39. The van der Waals surface area contributed by atoms with E-state index in [9.17, 15) is 4.79 Å². The first-order valence-electron chi connectivity index (χ1n) is 8.70. The van der Waals surface area contributed by atoms with E-state index in [0.29, 0.717) is 6.04 Å². The molecule has 2 N–H and O–H groups in total. The molecule has 0 saturated carbocycles. The van der Waals surface area contributed by atoms with Crippen LogP contribution in [0.3, 0.4) is 0 Å². The van der Waals surface area contributed by atoms with E-state index in [4.69, 9.17) is 4.74 Å². The van der Waals surface area contributed by atoms with E-state index in [2.05, 4.69) is 22.8 Å². The van der Waals surface area contributed by atoms with Crippen molar-refractivity contribution in [2.24, 2.45) is 0 Å². The predicted octanol–water partition coefficient (Wildman–Crippen LogP) is 3.27. The van der Waals surface area contributed by atoms with Crippen molar-refractivity contribution >= 4 is 17.0 Å². The van der Waals surface area contributed by atoms with Crippen LogP contribution in [0.1, 0.15) is 39.2 Å². The van der Waals surface area contributed by atoms with Gasteiger partial charge in [-0.25, -0.2) is 4.79 Å². The molecule has 2 aromatic rings. The SMILES string of the molecule is CC(C)(C)OC(=O)n1ccc2cc(CNC3CCNCC3)ccc21. The first kappa shape index (κ1) is 17.0. The van der Waals surface area contributed by atoms with Crippen LogP contribution in [0, 0.1) is 0 Å². The zero-order valence-electron chi connectivity index (χ0n) is 14.8. The van der Waals surface area contributed by atoms with Gasteiger partial charge in [0.1, 0.15) is 5.60 Å². The van der Waals surface area contributed by atoms with Crippen LogP contribution in [-0.2, 0) is 11.3 Å². The molecule has 5 heteroatoms. The second-order valence-corrected chi connectivity index (χ2v) is 7.46. The lowest BCUT2D eigenvalue weighted by atomic mass is 10.1. The van der Waals surface area contributed by atoms with E-state index in [1.807, 2.05) is 32.9 Å². The molecule has 2 heterocycles. The minimum Gasteiger partial charge on any atom is -0.443 e. The van der Waals surface area contributed by atoms with E-state index in [1.165, 1.54) is 18.4 Å². The van der Waals surface area contributed by atoms with Crippen molar-refractivity contribution in [3.05, 3.63) is 36.0 Å². The van der Waals surface area contributed by atoms with Crippen LogP contribution in [0.2, 0.25) is 0 Å². The zero-order valence-corrected chi connectivity index (χ0v) is 14.8. The van der Waals surface area contributed by atoms with Gasteiger partial charge in [-0.3, -0.25) is 4.57 Å². The zero-order chi connectivity index (χ0) is 17.2. The fourth-order valence-electron chi connectivity index (χ4n) is 3.06. The molecule has 0 bridgehead atoms. The Morgan fingerprint density at radius 3 is 2.75 bits per heavy atom. The van der Waals surface area contributed by atoms with Crippen LogP contribution < -0.4 is 10.6 Å². The number of hydrogen-bond donors (Lipinski definition) is 2. The van der Waals surface area contributed by atoms with Gasteiger partial charge in [-0.1, -0.05) is 6.07 Å². The summed E-state index contributed by atoms with van der Waals surface area (Å²) in [7, 11) is 0. The van der Waals surface area contributed by atoms with E-state index in [0.717, 1.165) is 30.5 Å². The Hall–Kier alpha value is -1.85. The minimum atomic E-state index is -0.494. The lowest BCUT2D eigenvalue weighted by molar-refractivity contribution is 0.0544. The van der Waals surface area contributed by atoms with Crippen LogP contribution in [-0.4, -0.2) is 35.4 Å². The topological polar surface area (TPSA) is 55.3 Å². The van der Waals surface area contributed by atoms with Crippen molar-refractivity contribution in [1.82, 2.24) is 15.2 Å². The molecule has 0 amide bonds. The Bertz CT molecular complexity index is 709. The number of ether oxygens (including phenoxy) is 1. The molecule has 0 radical (unpaired) electrons. The number of hydrogen-bond acceptors (Lipinski definition) is 4. The van der Waals surface area contributed by atoms with Crippen molar-refractivity contribution in [2.75, 3.05) is 13.1 Å². The number of piperidine rings is 1. The van der Waals surface area contributed by atoms with E-state index in [1.54, 1.807) is 10.8 Å². The molecule has 24 heavy (non-hydrogen) atoms. The summed E-state index contributed by atoms with van der Waals surface area (Å²) in [5.74, 6) is 0. The third-order valence-corrected chi connectivity index (χ3v) is 4.28. The largest absolute Gasteiger partial charge is 0.443 e. The molecular weight excluding hydrogens is 302 g/mol. The summed E-state index contributed by atoms with van der Waals surface area (Å²) in [6, 6.07) is 8.78. The molecule has 1 aliphatic heterocycles. The average molecular weight is 329 g/mol. The molecule has 1 fully saturated rings. The molecule has 1 aromatic carbocycles. The monoisotopic (exact) mass is 329 g/mol. The standard InChI is InChI=1S/C19H27N3O2/c1-19(2,3)24-18(23)22-11-8-15-12-14(4-5-17(15)22)13-21-16-6-9-20-10-7-16/h4-5,8,11-12,16,20-21H,6-7,9-10,13H2,1-3H3. The molecule has 5 nitrogen and oxygen atoms in total. The quantitative estimate of drug-likeness (QED) is 0.907. The molecule has 0 aliphatic carbocycles. The molecule has 0 spiro atoms. The van der Waals surface area contributed by atoms with Gasteiger partial charge in [0.15, 0.2) is 0 Å². The van der Waals surface area contributed by atoms with Gasteiger partial charge in [0.2, 0.25) is 0 Å². The summed E-state index contributed by atoms with van der Waals surface area (Å²) < 4.78 is 7.03. The maximum Gasteiger partial charge on any atom is 0.418 e. The fourth-order valence-corrected chi connectivity index (χ4v) is 3.06. The highest BCUT2D eigenvalue weighted by atomic mass is 16.6. The number of nitrogens with one attached hydrogen (secondary N) is 2. The number of carbonyl (C=O) groups is 1. The second kappa shape index (κ2) is 6.95. The van der Waals surface area contributed by atoms with Crippen LogP contribution >= 0.6 is 0 Å². The van der Waals surface area contributed by atoms with Gasteiger partial charge in [-0.05, 0) is 70.5 Å². The highest BCUT2D eigenvalue weighted by molar-refractivity contribution is 5.89. The Kier molecular flexibility index (Phi) is 4.92. The van der Waals surface area contributed by atoms with Gasteiger partial charge in [-0.2, -0.15) is 0 Å². The minimum absolute atomic E-state index is 0.335. The van der Waals surface area contributed by atoms with Crippen LogP contribution in [0.25, 0.3) is 10.9 Å². The van der Waals surface area contributed by atoms with E-state index in [-0.39, 0.29) is 6.09 Å². The molecule has 1 aliphatic rings. The average Bonchev–Trinajstić information content (AvgIpc) is 2.95. The lowest BCUT2D eigenvalue weighted by Gasteiger charge is -2.23. The predicted molar refractivity (Wildman–Crippen MR) is 96.3 cm³/mol. The third-order valence-electron chi connectivity index (χ3n) is 4.28. The second-order valence-electron chi connectivity index (χ2n) is 7.46. The third kappa shape index (κ3) is 4.16. The number of rotatable bonds is 3. The van der Waals surface area contributed by atoms with Crippen LogP contribution in [0.4, 0.5) is 4.79 Å². The van der Waals surface area contributed by atoms with E-state index < -0.39 is 5.60 Å². The Morgan fingerprint density at radius 1 is 1.29 bits per heavy atom. The fraction of sp³-hybridized carbons (Fsp3) is 0.526. The van der Waals surface area contributed by atoms with Crippen molar-refractivity contribution in [3.8, 4) is 0 Å². The van der Waals surface area contributed by atoms with E-state index >= 15 is 0 Å². The maximum absolute atomic E-state index is 12.3. The highest BCUT2D eigenvalue weighted by Gasteiger charge is 2.19. The van der Waals surface area contributed by atoms with Crippen LogP contribution in [0.5, 0.6) is 0 Å². The number of nitrogens with zero attached hydrogens (tertiary/aromatic N) is 1. The number of fused-ring (bicyclic) bond motifs is 1. The van der Waals surface area contributed by atoms with Crippen molar-refractivity contribution in [1.29, 1.82) is 0 Å². The molecule has 0 atom stereocenters. The van der Waals surface area contributed by atoms with Gasteiger partial charge >= 0.3 is 6.09 Å². The Balaban J connectivity index is 1.69. The van der Waals surface area contributed by atoms with Crippen molar-refractivity contribution in [3.63, 3.8) is 0 Å². The summed E-state index contributed by atoms with van der Waals surface area (Å²) in [4.78, 5) is 12.3. The Morgan fingerprint density at radius 2 is 2.04 bits per heavy atom. The van der Waals surface area contributed by atoms with Gasteiger partial charge in [0, 0.05) is 24.2 Å². The smallest absolute Gasteiger partial charge is 0.418 e. The molecule has 1 aromatic heterocycles. The first-order valence-corrected chi connectivity index (χ1v) is 8.70. The molecule has 3 rings (SSSR count). The normalized spacial score (nSPS) is 16.5. The first-order chi connectivity index (χ1) is 11.4. The van der Waals surface area contributed by atoms with Gasteiger partial charge in [0.25, 0.3) is 0 Å². The maximum atomic E-state index is 12.3. The summed E-state index contributed by atoms with van der Waals surface area (Å²) in [5, 5.41) is 8.07. The summed E-state index contributed by atoms with van der Waals surface area (Å²) >= 11 is 0. The van der Waals surface area contributed by atoms with Crippen LogP contribution in [0.15, 0.2) is 30.5 Å².